The average molecular weight is 292 g/mol. The van der Waals surface area contributed by atoms with E-state index in [1.54, 1.807) is 0 Å². The lowest BCUT2D eigenvalue weighted by atomic mass is 9.87. The van der Waals surface area contributed by atoms with Crippen LogP contribution >= 0.6 is 0 Å². The van der Waals surface area contributed by atoms with Gasteiger partial charge in [0.15, 0.2) is 0 Å². The van der Waals surface area contributed by atoms with Crippen LogP contribution in [-0.2, 0) is 17.8 Å². The Morgan fingerprint density at radius 3 is 3.10 bits per heavy atom. The molecule has 1 aliphatic heterocycles. The Labute approximate surface area is 124 Å². The van der Waals surface area contributed by atoms with Crippen LogP contribution in [0, 0.1) is 11.8 Å². The summed E-state index contributed by atoms with van der Waals surface area (Å²) >= 11 is 0. The van der Waals surface area contributed by atoms with Gasteiger partial charge in [-0.2, -0.15) is 5.10 Å². The molecular weight excluding hydrogens is 268 g/mol. The standard InChI is InChI=1S/C15H24N4O2/c1-10(11-7-16-8-11)15(21)18-13-3-2-4-14-12(13)9-17-19(14)5-6-20/h9-11,13,16,20H,2-8H2,1H3,(H,18,21). The monoisotopic (exact) mass is 292 g/mol. The normalized spacial score (nSPS) is 23.2. The van der Waals surface area contributed by atoms with Crippen LogP contribution in [0.3, 0.4) is 0 Å². The van der Waals surface area contributed by atoms with Gasteiger partial charge in [0, 0.05) is 17.2 Å². The van der Waals surface area contributed by atoms with Crippen molar-refractivity contribution in [1.82, 2.24) is 20.4 Å². The molecule has 0 saturated carbocycles. The van der Waals surface area contributed by atoms with Gasteiger partial charge in [-0.1, -0.05) is 6.92 Å². The zero-order chi connectivity index (χ0) is 14.8. The lowest BCUT2D eigenvalue weighted by Gasteiger charge is -2.33. The van der Waals surface area contributed by atoms with Gasteiger partial charge < -0.3 is 15.7 Å². The number of aliphatic hydroxyl groups is 1. The van der Waals surface area contributed by atoms with Crippen molar-refractivity contribution in [2.45, 2.75) is 38.8 Å². The fourth-order valence-electron chi connectivity index (χ4n) is 3.24. The summed E-state index contributed by atoms with van der Waals surface area (Å²) in [5, 5.41) is 19.8. The first-order valence-electron chi connectivity index (χ1n) is 7.87. The van der Waals surface area contributed by atoms with E-state index < -0.39 is 0 Å². The molecule has 1 amide bonds. The van der Waals surface area contributed by atoms with E-state index in [-0.39, 0.29) is 24.5 Å². The number of nitrogens with one attached hydrogen (secondary N) is 2. The number of rotatable bonds is 5. The molecule has 0 bridgehead atoms. The van der Waals surface area contributed by atoms with Gasteiger partial charge >= 0.3 is 0 Å². The Bertz CT molecular complexity index is 510. The van der Waals surface area contributed by atoms with Gasteiger partial charge in [-0.25, -0.2) is 0 Å². The average Bonchev–Trinajstić information content (AvgIpc) is 2.82. The van der Waals surface area contributed by atoms with Gasteiger partial charge in [-0.3, -0.25) is 9.48 Å². The SMILES string of the molecule is CC(C(=O)NC1CCCc2c1cnn2CCO)C1CNC1. The molecule has 2 aliphatic rings. The van der Waals surface area contributed by atoms with Crippen molar-refractivity contribution >= 4 is 5.91 Å². The molecule has 3 N–H and O–H groups in total. The van der Waals surface area contributed by atoms with E-state index in [4.69, 9.17) is 5.11 Å². The molecule has 116 valence electrons. The molecule has 6 heteroatoms. The minimum Gasteiger partial charge on any atom is -0.394 e. The van der Waals surface area contributed by atoms with E-state index in [9.17, 15) is 4.79 Å². The molecule has 1 saturated heterocycles. The summed E-state index contributed by atoms with van der Waals surface area (Å²) in [4.78, 5) is 12.4. The summed E-state index contributed by atoms with van der Waals surface area (Å²) in [6.07, 6.45) is 4.85. The topological polar surface area (TPSA) is 79.2 Å². The maximum atomic E-state index is 12.4. The van der Waals surface area contributed by atoms with Gasteiger partial charge in [0.25, 0.3) is 0 Å². The second-order valence-electron chi connectivity index (χ2n) is 6.15. The smallest absolute Gasteiger partial charge is 0.223 e. The third-order valence-corrected chi connectivity index (χ3v) is 4.82. The van der Waals surface area contributed by atoms with Crippen molar-refractivity contribution in [3.63, 3.8) is 0 Å². The first-order valence-corrected chi connectivity index (χ1v) is 7.87. The van der Waals surface area contributed by atoms with Crippen LogP contribution in [0.15, 0.2) is 6.20 Å². The maximum Gasteiger partial charge on any atom is 0.223 e. The van der Waals surface area contributed by atoms with E-state index >= 15 is 0 Å². The zero-order valence-electron chi connectivity index (χ0n) is 12.5. The van der Waals surface area contributed by atoms with Crippen molar-refractivity contribution in [2.75, 3.05) is 19.7 Å². The van der Waals surface area contributed by atoms with Crippen molar-refractivity contribution in [2.24, 2.45) is 11.8 Å². The highest BCUT2D eigenvalue weighted by atomic mass is 16.3. The molecule has 2 unspecified atom stereocenters. The quantitative estimate of drug-likeness (QED) is 0.725. The maximum absolute atomic E-state index is 12.4. The Kier molecular flexibility index (Phi) is 4.26. The van der Waals surface area contributed by atoms with Crippen LogP contribution in [0.2, 0.25) is 0 Å². The molecular formula is C15H24N4O2. The minimum atomic E-state index is 0.0594. The molecule has 6 nitrogen and oxygen atoms in total. The molecule has 0 radical (unpaired) electrons. The third kappa shape index (κ3) is 2.82. The zero-order valence-corrected chi connectivity index (χ0v) is 12.5. The van der Waals surface area contributed by atoms with Crippen LogP contribution in [0.1, 0.15) is 37.1 Å². The van der Waals surface area contributed by atoms with E-state index in [0.29, 0.717) is 12.5 Å². The Hall–Kier alpha value is -1.40. The molecule has 1 aromatic rings. The second kappa shape index (κ2) is 6.15. The lowest BCUT2D eigenvalue weighted by Crippen LogP contribution is -2.50. The fraction of sp³-hybridized carbons (Fsp3) is 0.733. The van der Waals surface area contributed by atoms with Crippen LogP contribution in [0.25, 0.3) is 0 Å². The van der Waals surface area contributed by atoms with Crippen molar-refractivity contribution in [3.8, 4) is 0 Å². The Balaban J connectivity index is 1.68. The van der Waals surface area contributed by atoms with Gasteiger partial charge in [0.05, 0.1) is 25.4 Å². The molecule has 0 spiro atoms. The number of nitrogens with zero attached hydrogens (tertiary/aromatic N) is 2. The molecule has 2 atom stereocenters. The highest BCUT2D eigenvalue weighted by Crippen LogP contribution is 2.30. The molecule has 21 heavy (non-hydrogen) atoms. The van der Waals surface area contributed by atoms with E-state index in [2.05, 4.69) is 15.7 Å². The first-order chi connectivity index (χ1) is 10.2. The second-order valence-corrected chi connectivity index (χ2v) is 6.15. The van der Waals surface area contributed by atoms with Crippen LogP contribution in [0.5, 0.6) is 0 Å². The molecule has 3 rings (SSSR count). The predicted octanol–water partition coefficient (Wildman–Crippen LogP) is 0.225. The fourth-order valence-corrected chi connectivity index (χ4v) is 3.24. The Morgan fingerprint density at radius 2 is 2.43 bits per heavy atom. The molecule has 2 heterocycles. The van der Waals surface area contributed by atoms with E-state index in [1.165, 1.54) is 5.69 Å². The van der Waals surface area contributed by atoms with Crippen LogP contribution in [-0.4, -0.2) is 40.5 Å². The summed E-state index contributed by atoms with van der Waals surface area (Å²) in [6.45, 7) is 4.52. The van der Waals surface area contributed by atoms with Crippen molar-refractivity contribution in [1.29, 1.82) is 0 Å². The van der Waals surface area contributed by atoms with Gasteiger partial charge in [-0.05, 0) is 38.3 Å². The predicted molar refractivity (Wildman–Crippen MR) is 78.7 cm³/mol. The summed E-state index contributed by atoms with van der Waals surface area (Å²) < 4.78 is 1.87. The summed E-state index contributed by atoms with van der Waals surface area (Å²) in [7, 11) is 0. The molecule has 1 aliphatic carbocycles. The summed E-state index contributed by atoms with van der Waals surface area (Å²) in [6, 6.07) is 0.0733. The molecule has 1 aromatic heterocycles. The summed E-state index contributed by atoms with van der Waals surface area (Å²) in [5.74, 6) is 0.670. The van der Waals surface area contributed by atoms with E-state index in [0.717, 1.165) is 37.9 Å². The first kappa shape index (κ1) is 14.5. The summed E-state index contributed by atoms with van der Waals surface area (Å²) in [5.41, 5.74) is 2.29. The van der Waals surface area contributed by atoms with Gasteiger partial charge in [-0.15, -0.1) is 0 Å². The van der Waals surface area contributed by atoms with Crippen LogP contribution < -0.4 is 10.6 Å². The highest BCUT2D eigenvalue weighted by molar-refractivity contribution is 5.79. The number of hydrogen-bond donors (Lipinski definition) is 3. The number of amides is 1. The number of carbonyl (C=O) groups is 1. The largest absolute Gasteiger partial charge is 0.394 e. The molecule has 0 aromatic carbocycles. The third-order valence-electron chi connectivity index (χ3n) is 4.82. The molecule has 1 fully saturated rings. The highest BCUT2D eigenvalue weighted by Gasteiger charge is 2.31. The number of aromatic nitrogens is 2. The van der Waals surface area contributed by atoms with Gasteiger partial charge in [0.1, 0.15) is 0 Å². The van der Waals surface area contributed by atoms with Crippen LogP contribution in [0.4, 0.5) is 0 Å². The number of fused-ring (bicyclic) bond motifs is 1. The van der Waals surface area contributed by atoms with Crippen molar-refractivity contribution in [3.05, 3.63) is 17.5 Å². The van der Waals surface area contributed by atoms with Crippen molar-refractivity contribution < 1.29 is 9.90 Å². The van der Waals surface area contributed by atoms with E-state index in [1.807, 2.05) is 17.8 Å². The number of carbonyl (C=O) groups excluding carboxylic acids is 1. The number of aliphatic hydroxyl groups excluding tert-OH is 1. The Morgan fingerprint density at radius 1 is 1.62 bits per heavy atom. The minimum absolute atomic E-state index is 0.0594. The number of hydrogen-bond acceptors (Lipinski definition) is 4. The lowest BCUT2D eigenvalue weighted by molar-refractivity contribution is -0.127. The van der Waals surface area contributed by atoms with Gasteiger partial charge in [0.2, 0.25) is 5.91 Å².